The average molecular weight is 409 g/mol. The number of aromatic nitrogens is 6. The van der Waals surface area contributed by atoms with Gasteiger partial charge in [0, 0.05) is 18.5 Å². The molecule has 156 valence electrons. The van der Waals surface area contributed by atoms with Crippen LogP contribution in [-0.2, 0) is 4.79 Å². The number of ether oxygens (including phenoxy) is 1. The quantitative estimate of drug-likeness (QED) is 0.580. The number of piperidine rings is 1. The largest absolute Gasteiger partial charge is 0.490 e. The molecule has 10 nitrogen and oxygen atoms in total. The van der Waals surface area contributed by atoms with Gasteiger partial charge in [-0.25, -0.2) is 4.68 Å². The molecule has 5 rings (SSSR count). The maximum Gasteiger partial charge on any atom is 0.320 e. The van der Waals surface area contributed by atoms with Crippen LogP contribution in [0.15, 0.2) is 36.7 Å². The van der Waals surface area contributed by atoms with Crippen LogP contribution in [0.5, 0.6) is 5.75 Å². The van der Waals surface area contributed by atoms with Gasteiger partial charge in [-0.3, -0.25) is 4.79 Å². The van der Waals surface area contributed by atoms with E-state index < -0.39 is 12.0 Å². The molecule has 2 fully saturated rings. The van der Waals surface area contributed by atoms with Crippen molar-refractivity contribution < 1.29 is 14.6 Å². The first-order valence-corrected chi connectivity index (χ1v) is 10.2. The monoisotopic (exact) mass is 409 g/mol. The molecule has 10 heteroatoms. The number of H-pyrrole nitrogens is 1. The molecule has 3 aromatic rings. The Balaban J connectivity index is 1.39. The first-order valence-electron chi connectivity index (χ1n) is 10.2. The lowest BCUT2D eigenvalue weighted by Gasteiger charge is -2.41. The lowest BCUT2D eigenvalue weighted by molar-refractivity contribution is -0.141. The Morgan fingerprint density at radius 1 is 1.23 bits per heavy atom. The SMILES string of the molecule is O=C(O)[C@@H]1C[C@@H]2C[C@@H](Oc3cc(-n4cccn4)ccc3-c3nn[nH]n3)CC[C@H]2CN1. The molecule has 0 radical (unpaired) electrons. The number of carbonyl (C=O) groups is 1. The number of fused-ring (bicyclic) bond motifs is 1. The standard InChI is InChI=1S/C20H23N7O3/c28-20(29)17-9-13-8-15(4-2-12(13)11-21-17)30-18-10-14(27-7-1-6-22-27)3-5-16(18)19-23-25-26-24-19/h1,3,5-7,10,12-13,15,17,21H,2,4,8-9,11H2,(H,28,29)(H,23,24,25,26)/t12-,13-,15-,17-/m0/s1. The smallest absolute Gasteiger partial charge is 0.320 e. The molecule has 2 aliphatic rings. The molecule has 2 aromatic heterocycles. The van der Waals surface area contributed by atoms with Gasteiger partial charge in [-0.2, -0.15) is 10.3 Å². The van der Waals surface area contributed by atoms with E-state index in [1.807, 2.05) is 30.5 Å². The van der Waals surface area contributed by atoms with Crippen molar-refractivity contribution in [1.82, 2.24) is 35.7 Å². The second-order valence-electron chi connectivity index (χ2n) is 7.97. The minimum absolute atomic E-state index is 0.0114. The minimum Gasteiger partial charge on any atom is -0.490 e. The highest BCUT2D eigenvalue weighted by molar-refractivity contribution is 5.73. The Morgan fingerprint density at radius 2 is 2.17 bits per heavy atom. The molecule has 0 unspecified atom stereocenters. The van der Waals surface area contributed by atoms with Crippen LogP contribution in [0, 0.1) is 11.8 Å². The third kappa shape index (κ3) is 3.65. The Kier molecular flexibility index (Phi) is 4.91. The number of hydrogen-bond acceptors (Lipinski definition) is 7. The number of aliphatic carboxylic acids is 1. The normalized spacial score (nSPS) is 26.1. The van der Waals surface area contributed by atoms with Gasteiger partial charge in [-0.15, -0.1) is 10.2 Å². The van der Waals surface area contributed by atoms with Gasteiger partial charge in [0.25, 0.3) is 0 Å². The predicted molar refractivity (Wildman–Crippen MR) is 106 cm³/mol. The molecule has 1 aromatic carbocycles. The molecule has 1 aliphatic heterocycles. The lowest BCUT2D eigenvalue weighted by atomic mass is 9.72. The Bertz CT molecular complexity index is 1010. The van der Waals surface area contributed by atoms with Gasteiger partial charge in [-0.1, -0.05) is 0 Å². The number of nitrogens with one attached hydrogen (secondary N) is 2. The van der Waals surface area contributed by atoms with Crippen molar-refractivity contribution in [3.05, 3.63) is 36.7 Å². The van der Waals surface area contributed by atoms with Crippen molar-refractivity contribution in [3.63, 3.8) is 0 Å². The van der Waals surface area contributed by atoms with E-state index in [0.29, 0.717) is 29.8 Å². The van der Waals surface area contributed by atoms with E-state index in [1.54, 1.807) is 10.9 Å². The second-order valence-corrected chi connectivity index (χ2v) is 7.97. The molecule has 0 bridgehead atoms. The van der Waals surface area contributed by atoms with Crippen LogP contribution in [0.2, 0.25) is 0 Å². The summed E-state index contributed by atoms with van der Waals surface area (Å²) in [5.74, 6) is 1.22. The zero-order chi connectivity index (χ0) is 20.5. The van der Waals surface area contributed by atoms with Crippen LogP contribution in [-0.4, -0.2) is 60.2 Å². The maximum atomic E-state index is 11.4. The van der Waals surface area contributed by atoms with Crippen LogP contribution >= 0.6 is 0 Å². The minimum atomic E-state index is -0.775. The van der Waals surface area contributed by atoms with Crippen molar-refractivity contribution in [1.29, 1.82) is 0 Å². The van der Waals surface area contributed by atoms with Crippen molar-refractivity contribution in [3.8, 4) is 22.8 Å². The summed E-state index contributed by atoms with van der Waals surface area (Å²) in [6, 6.07) is 7.18. The number of carboxylic acids is 1. The fourth-order valence-electron chi connectivity index (χ4n) is 4.63. The Labute approximate surface area is 172 Å². The molecular weight excluding hydrogens is 386 g/mol. The van der Waals surface area contributed by atoms with E-state index in [-0.39, 0.29) is 6.10 Å². The summed E-state index contributed by atoms with van der Waals surface area (Å²) in [7, 11) is 0. The van der Waals surface area contributed by atoms with Crippen molar-refractivity contribution in [2.75, 3.05) is 6.54 Å². The van der Waals surface area contributed by atoms with Crippen LogP contribution in [0.25, 0.3) is 17.1 Å². The number of carboxylic acid groups (broad SMARTS) is 1. The van der Waals surface area contributed by atoms with E-state index in [2.05, 4.69) is 31.0 Å². The van der Waals surface area contributed by atoms with E-state index in [1.165, 1.54) is 0 Å². The van der Waals surface area contributed by atoms with Crippen LogP contribution in [0.3, 0.4) is 0 Å². The van der Waals surface area contributed by atoms with E-state index in [4.69, 9.17) is 4.74 Å². The Morgan fingerprint density at radius 3 is 2.93 bits per heavy atom. The zero-order valence-electron chi connectivity index (χ0n) is 16.3. The fraction of sp³-hybridized carbons (Fsp3) is 0.450. The molecule has 30 heavy (non-hydrogen) atoms. The molecule has 3 heterocycles. The lowest BCUT2D eigenvalue weighted by Crippen LogP contribution is -2.50. The molecule has 3 N–H and O–H groups in total. The van der Waals surface area contributed by atoms with Gasteiger partial charge in [0.2, 0.25) is 5.82 Å². The molecule has 0 amide bonds. The number of hydrogen-bond donors (Lipinski definition) is 3. The molecule has 1 saturated carbocycles. The van der Waals surface area contributed by atoms with Crippen LogP contribution in [0.4, 0.5) is 0 Å². The van der Waals surface area contributed by atoms with E-state index in [0.717, 1.165) is 37.1 Å². The highest BCUT2D eigenvalue weighted by atomic mass is 16.5. The van der Waals surface area contributed by atoms with E-state index >= 15 is 0 Å². The third-order valence-electron chi connectivity index (χ3n) is 6.17. The summed E-state index contributed by atoms with van der Waals surface area (Å²) in [5.41, 5.74) is 1.64. The topological polar surface area (TPSA) is 131 Å². The van der Waals surface area contributed by atoms with E-state index in [9.17, 15) is 9.90 Å². The summed E-state index contributed by atoms with van der Waals surface area (Å²) in [6.07, 6.45) is 7.05. The summed E-state index contributed by atoms with van der Waals surface area (Å²) < 4.78 is 8.23. The van der Waals surface area contributed by atoms with Gasteiger partial charge in [0.1, 0.15) is 11.8 Å². The number of nitrogens with zero attached hydrogens (tertiary/aromatic N) is 5. The van der Waals surface area contributed by atoms with Gasteiger partial charge < -0.3 is 15.2 Å². The average Bonchev–Trinajstić information content (AvgIpc) is 3.47. The maximum absolute atomic E-state index is 11.4. The predicted octanol–water partition coefficient (Wildman–Crippen LogP) is 1.66. The number of aromatic amines is 1. The molecular formula is C20H23N7O3. The van der Waals surface area contributed by atoms with Crippen molar-refractivity contribution in [2.24, 2.45) is 11.8 Å². The summed E-state index contributed by atoms with van der Waals surface area (Å²) in [4.78, 5) is 11.4. The molecule has 1 saturated heterocycles. The molecule has 1 aliphatic carbocycles. The molecule has 0 spiro atoms. The van der Waals surface area contributed by atoms with Gasteiger partial charge in [0.15, 0.2) is 0 Å². The summed E-state index contributed by atoms with van der Waals surface area (Å²) >= 11 is 0. The van der Waals surface area contributed by atoms with Crippen molar-refractivity contribution >= 4 is 5.97 Å². The van der Waals surface area contributed by atoms with Crippen LogP contribution < -0.4 is 10.1 Å². The van der Waals surface area contributed by atoms with Gasteiger partial charge >= 0.3 is 5.97 Å². The third-order valence-corrected chi connectivity index (χ3v) is 6.17. The summed E-state index contributed by atoms with van der Waals surface area (Å²) in [6.45, 7) is 0.761. The zero-order valence-corrected chi connectivity index (χ0v) is 16.3. The second kappa shape index (κ2) is 7.86. The number of rotatable bonds is 5. The summed E-state index contributed by atoms with van der Waals surface area (Å²) in [5, 5.41) is 31.2. The number of benzene rings is 1. The number of tetrazole rings is 1. The Hall–Kier alpha value is -3.27. The first kappa shape index (κ1) is 18.7. The van der Waals surface area contributed by atoms with Gasteiger partial charge in [0.05, 0.1) is 17.4 Å². The first-order chi connectivity index (χ1) is 14.7. The highest BCUT2D eigenvalue weighted by Crippen LogP contribution is 2.39. The van der Waals surface area contributed by atoms with Crippen LogP contribution in [0.1, 0.15) is 25.7 Å². The van der Waals surface area contributed by atoms with Crippen molar-refractivity contribution in [2.45, 2.75) is 37.8 Å². The van der Waals surface area contributed by atoms with Gasteiger partial charge in [-0.05, 0) is 67.5 Å². The fourth-order valence-corrected chi connectivity index (χ4v) is 4.63. The highest BCUT2D eigenvalue weighted by Gasteiger charge is 2.38. The molecule has 4 atom stereocenters.